The van der Waals surface area contributed by atoms with Crippen molar-refractivity contribution in [2.45, 2.75) is 44.2 Å². The molecule has 0 fully saturated rings. The Morgan fingerprint density at radius 2 is 1.90 bits per heavy atom. The summed E-state index contributed by atoms with van der Waals surface area (Å²) in [6.07, 6.45) is 1.30. The first-order chi connectivity index (χ1) is 9.29. The number of halogens is 2. The quantitative estimate of drug-likeness (QED) is 0.876. The minimum atomic E-state index is -3.93. The van der Waals surface area contributed by atoms with Gasteiger partial charge in [-0.05, 0) is 25.0 Å². The molecule has 0 saturated heterocycles. The Balaban J connectivity index is 3.39. The van der Waals surface area contributed by atoms with E-state index in [9.17, 15) is 12.8 Å². The van der Waals surface area contributed by atoms with Crippen molar-refractivity contribution in [2.24, 2.45) is 5.73 Å². The number of benzene rings is 1. The largest absolute Gasteiger partial charge is 0.326 e. The second-order valence-electron chi connectivity index (χ2n) is 4.57. The van der Waals surface area contributed by atoms with Gasteiger partial charge in [-0.25, -0.2) is 12.8 Å². The molecule has 0 radical (unpaired) electrons. The van der Waals surface area contributed by atoms with Gasteiger partial charge < -0.3 is 5.73 Å². The fourth-order valence-electron chi connectivity index (χ4n) is 2.11. The molecule has 0 amide bonds. The Morgan fingerprint density at radius 1 is 1.35 bits per heavy atom. The van der Waals surface area contributed by atoms with Crippen LogP contribution >= 0.6 is 11.6 Å². The summed E-state index contributed by atoms with van der Waals surface area (Å²) in [6.45, 7) is 3.67. The van der Waals surface area contributed by atoms with Gasteiger partial charge in [0.05, 0.1) is 0 Å². The Morgan fingerprint density at radius 3 is 2.35 bits per heavy atom. The Labute approximate surface area is 124 Å². The molecule has 0 heterocycles. The van der Waals surface area contributed by atoms with E-state index < -0.39 is 20.7 Å². The zero-order valence-corrected chi connectivity index (χ0v) is 13.4. The standard InChI is InChI=1S/C13H20ClFN2O2S/c1-4-11(5-2)17(3)20(18,19)12-7-10(14)6-9(8-16)13(12)15/h6-7,11H,4-5,8,16H2,1-3H3. The van der Waals surface area contributed by atoms with Crippen LogP contribution in [0.3, 0.4) is 0 Å². The van der Waals surface area contributed by atoms with Crippen molar-refractivity contribution in [3.63, 3.8) is 0 Å². The molecule has 2 N–H and O–H groups in total. The van der Waals surface area contributed by atoms with E-state index in [0.717, 1.165) is 6.07 Å². The number of hydrogen-bond donors (Lipinski definition) is 1. The van der Waals surface area contributed by atoms with Crippen LogP contribution < -0.4 is 5.73 Å². The van der Waals surface area contributed by atoms with Gasteiger partial charge in [0, 0.05) is 30.2 Å². The first-order valence-electron chi connectivity index (χ1n) is 6.45. The van der Waals surface area contributed by atoms with Gasteiger partial charge in [0.25, 0.3) is 0 Å². The van der Waals surface area contributed by atoms with Gasteiger partial charge in [-0.2, -0.15) is 4.31 Å². The van der Waals surface area contributed by atoms with E-state index in [1.54, 1.807) is 0 Å². The highest BCUT2D eigenvalue weighted by atomic mass is 35.5. The molecular formula is C13H20ClFN2O2S. The summed E-state index contributed by atoms with van der Waals surface area (Å²) in [5, 5.41) is 0.156. The van der Waals surface area contributed by atoms with Crippen molar-refractivity contribution >= 4 is 21.6 Å². The highest BCUT2D eigenvalue weighted by Gasteiger charge is 2.30. The normalized spacial score (nSPS) is 12.4. The van der Waals surface area contributed by atoms with Gasteiger partial charge in [-0.1, -0.05) is 25.4 Å². The van der Waals surface area contributed by atoms with Crippen molar-refractivity contribution in [1.29, 1.82) is 0 Å². The lowest BCUT2D eigenvalue weighted by Crippen LogP contribution is -2.36. The van der Waals surface area contributed by atoms with Crippen LogP contribution in [0.15, 0.2) is 17.0 Å². The number of hydrogen-bond acceptors (Lipinski definition) is 3. The Hall–Kier alpha value is -0.690. The molecule has 1 aromatic rings. The van der Waals surface area contributed by atoms with Crippen LogP contribution in [0, 0.1) is 5.82 Å². The average molecular weight is 323 g/mol. The molecule has 7 heteroatoms. The van der Waals surface area contributed by atoms with E-state index in [0.29, 0.717) is 12.8 Å². The molecule has 20 heavy (non-hydrogen) atoms. The summed E-state index contributed by atoms with van der Waals surface area (Å²) in [7, 11) is -2.48. The van der Waals surface area contributed by atoms with Crippen LogP contribution in [-0.4, -0.2) is 25.8 Å². The maximum absolute atomic E-state index is 14.2. The summed E-state index contributed by atoms with van der Waals surface area (Å²) in [4.78, 5) is -0.417. The predicted octanol–water partition coefficient (Wildman–Crippen LogP) is 2.75. The highest BCUT2D eigenvalue weighted by Crippen LogP contribution is 2.27. The first kappa shape index (κ1) is 17.4. The minimum absolute atomic E-state index is 0.0917. The fourth-order valence-corrected chi connectivity index (χ4v) is 4.05. The first-order valence-corrected chi connectivity index (χ1v) is 8.27. The molecule has 1 aromatic carbocycles. The van der Waals surface area contributed by atoms with Gasteiger partial charge in [0.15, 0.2) is 0 Å². The lowest BCUT2D eigenvalue weighted by Gasteiger charge is -2.26. The zero-order chi connectivity index (χ0) is 15.5. The van der Waals surface area contributed by atoms with Crippen LogP contribution in [0.1, 0.15) is 32.3 Å². The van der Waals surface area contributed by atoms with Crippen LogP contribution in [0.4, 0.5) is 4.39 Å². The van der Waals surface area contributed by atoms with E-state index in [-0.39, 0.29) is 23.2 Å². The Kier molecular flexibility index (Phi) is 5.94. The molecule has 0 saturated carbocycles. The third kappa shape index (κ3) is 3.31. The molecule has 0 bridgehead atoms. The van der Waals surface area contributed by atoms with Crippen LogP contribution in [0.25, 0.3) is 0 Å². The van der Waals surface area contributed by atoms with E-state index >= 15 is 0 Å². The summed E-state index contributed by atoms with van der Waals surface area (Å²) in [5.74, 6) is -0.824. The van der Waals surface area contributed by atoms with Gasteiger partial charge >= 0.3 is 0 Å². The van der Waals surface area contributed by atoms with Crippen molar-refractivity contribution in [1.82, 2.24) is 4.31 Å². The van der Waals surface area contributed by atoms with Crippen LogP contribution in [-0.2, 0) is 16.6 Å². The SMILES string of the molecule is CCC(CC)N(C)S(=O)(=O)c1cc(Cl)cc(CN)c1F. The van der Waals surface area contributed by atoms with Crippen molar-refractivity contribution in [2.75, 3.05) is 7.05 Å². The fraction of sp³-hybridized carbons (Fsp3) is 0.538. The summed E-state index contributed by atoms with van der Waals surface area (Å²) >= 11 is 5.85. The van der Waals surface area contributed by atoms with Crippen LogP contribution in [0.5, 0.6) is 0 Å². The number of nitrogens with zero attached hydrogens (tertiary/aromatic N) is 1. The van der Waals surface area contributed by atoms with E-state index in [2.05, 4.69) is 0 Å². The molecule has 0 aliphatic heterocycles. The molecule has 0 aliphatic carbocycles. The predicted molar refractivity (Wildman–Crippen MR) is 78.6 cm³/mol. The molecule has 4 nitrogen and oxygen atoms in total. The topological polar surface area (TPSA) is 63.4 Å². The zero-order valence-electron chi connectivity index (χ0n) is 11.9. The molecular weight excluding hydrogens is 303 g/mol. The summed E-state index contributed by atoms with van der Waals surface area (Å²) in [5.41, 5.74) is 5.50. The molecule has 0 aromatic heterocycles. The molecule has 0 unspecified atom stereocenters. The second kappa shape index (κ2) is 6.85. The smallest absolute Gasteiger partial charge is 0.246 e. The number of rotatable bonds is 6. The van der Waals surface area contributed by atoms with E-state index in [1.807, 2.05) is 13.8 Å². The lowest BCUT2D eigenvalue weighted by molar-refractivity contribution is 0.348. The van der Waals surface area contributed by atoms with E-state index in [4.69, 9.17) is 17.3 Å². The molecule has 0 spiro atoms. The highest BCUT2D eigenvalue weighted by molar-refractivity contribution is 7.89. The summed E-state index contributed by atoms with van der Waals surface area (Å²) in [6, 6.07) is 2.29. The van der Waals surface area contributed by atoms with Crippen molar-refractivity contribution < 1.29 is 12.8 Å². The lowest BCUT2D eigenvalue weighted by atomic mass is 10.2. The molecule has 114 valence electrons. The van der Waals surface area contributed by atoms with Gasteiger partial charge in [0.2, 0.25) is 10.0 Å². The third-order valence-corrected chi connectivity index (χ3v) is 5.54. The molecule has 1 rings (SSSR count). The molecule has 0 atom stereocenters. The summed E-state index contributed by atoms with van der Waals surface area (Å²) < 4.78 is 40.5. The maximum atomic E-state index is 14.2. The molecule has 0 aliphatic rings. The van der Waals surface area contributed by atoms with Gasteiger partial charge in [-0.3, -0.25) is 0 Å². The minimum Gasteiger partial charge on any atom is -0.326 e. The average Bonchev–Trinajstić information content (AvgIpc) is 2.41. The number of sulfonamides is 1. The van der Waals surface area contributed by atoms with Gasteiger partial charge in [-0.15, -0.1) is 0 Å². The van der Waals surface area contributed by atoms with Gasteiger partial charge in [0.1, 0.15) is 10.7 Å². The second-order valence-corrected chi connectivity index (χ2v) is 6.98. The number of nitrogens with two attached hydrogens (primary N) is 1. The van der Waals surface area contributed by atoms with Crippen molar-refractivity contribution in [3.05, 3.63) is 28.5 Å². The third-order valence-electron chi connectivity index (χ3n) is 3.41. The van der Waals surface area contributed by atoms with E-state index in [1.165, 1.54) is 17.4 Å². The monoisotopic (exact) mass is 322 g/mol. The van der Waals surface area contributed by atoms with Crippen molar-refractivity contribution in [3.8, 4) is 0 Å². The Bertz CT molecular complexity index is 574. The van der Waals surface area contributed by atoms with Crippen LogP contribution in [0.2, 0.25) is 5.02 Å². The maximum Gasteiger partial charge on any atom is 0.246 e.